The van der Waals surface area contributed by atoms with Gasteiger partial charge < -0.3 is 10.1 Å². The van der Waals surface area contributed by atoms with Gasteiger partial charge in [0.25, 0.3) is 0 Å². The van der Waals surface area contributed by atoms with Crippen molar-refractivity contribution in [3.8, 4) is 5.75 Å². The van der Waals surface area contributed by atoms with E-state index >= 15 is 0 Å². The van der Waals surface area contributed by atoms with Crippen molar-refractivity contribution < 1.29 is 9.53 Å². The Morgan fingerprint density at radius 1 is 1.12 bits per heavy atom. The third kappa shape index (κ3) is 3.77. The average Bonchev–Trinajstić information content (AvgIpc) is 2.37. The Morgan fingerprint density at radius 2 is 1.65 bits per heavy atom. The van der Waals surface area contributed by atoms with E-state index in [1.54, 1.807) is 12.1 Å². The van der Waals surface area contributed by atoms with Crippen molar-refractivity contribution >= 4 is 6.09 Å². The molecule has 1 rings (SSSR count). The van der Waals surface area contributed by atoms with E-state index in [0.717, 1.165) is 19.3 Å². The van der Waals surface area contributed by atoms with E-state index in [4.69, 9.17) is 4.74 Å². The molecule has 0 aromatic heterocycles. The van der Waals surface area contributed by atoms with Crippen LogP contribution in [0.25, 0.3) is 0 Å². The molecule has 0 aliphatic carbocycles. The summed E-state index contributed by atoms with van der Waals surface area (Å²) in [5.41, 5.74) is -0.147. The van der Waals surface area contributed by atoms with E-state index in [0.29, 0.717) is 5.75 Å². The molecule has 3 nitrogen and oxygen atoms in total. The lowest BCUT2D eigenvalue weighted by Gasteiger charge is -2.31. The molecule has 0 spiro atoms. The van der Waals surface area contributed by atoms with Crippen LogP contribution >= 0.6 is 0 Å². The quantitative estimate of drug-likeness (QED) is 0.844. The molecule has 17 heavy (non-hydrogen) atoms. The molecular weight excluding hydrogens is 214 g/mol. The van der Waals surface area contributed by atoms with Crippen molar-refractivity contribution in [1.29, 1.82) is 0 Å². The molecule has 1 aromatic carbocycles. The molecule has 0 bridgehead atoms. The molecule has 0 saturated heterocycles. The molecule has 1 amide bonds. The van der Waals surface area contributed by atoms with Gasteiger partial charge in [0.15, 0.2) is 0 Å². The highest BCUT2D eigenvalue weighted by molar-refractivity contribution is 5.71. The second-order valence-corrected chi connectivity index (χ2v) is 4.17. The molecule has 1 N–H and O–H groups in total. The largest absolute Gasteiger partial charge is 0.413 e. The van der Waals surface area contributed by atoms with Gasteiger partial charge in [0, 0.05) is 5.54 Å². The standard InChI is InChI=1S/C14H21NO2/c1-4-14(5-2,6-3)15-13(16)17-12-10-8-7-9-11-12/h7-11H,4-6H2,1-3H3,(H,15,16). The lowest BCUT2D eigenvalue weighted by Crippen LogP contribution is -2.48. The molecule has 94 valence electrons. The molecule has 0 radical (unpaired) electrons. The van der Waals surface area contributed by atoms with Gasteiger partial charge in [0.1, 0.15) is 5.75 Å². The molecule has 0 aliphatic rings. The third-order valence-electron chi connectivity index (χ3n) is 3.35. The maximum atomic E-state index is 11.8. The topological polar surface area (TPSA) is 38.3 Å². The first kappa shape index (κ1) is 13.6. The molecular formula is C14H21NO2. The summed E-state index contributed by atoms with van der Waals surface area (Å²) in [6.45, 7) is 6.24. The summed E-state index contributed by atoms with van der Waals surface area (Å²) in [7, 11) is 0. The number of hydrogen-bond acceptors (Lipinski definition) is 2. The summed E-state index contributed by atoms with van der Waals surface area (Å²) in [6, 6.07) is 9.11. The predicted molar refractivity (Wildman–Crippen MR) is 69.2 cm³/mol. The van der Waals surface area contributed by atoms with Crippen LogP contribution in [0.5, 0.6) is 5.75 Å². The van der Waals surface area contributed by atoms with Crippen molar-refractivity contribution in [2.75, 3.05) is 0 Å². The number of rotatable bonds is 5. The van der Waals surface area contributed by atoms with Gasteiger partial charge in [-0.05, 0) is 31.4 Å². The van der Waals surface area contributed by atoms with Crippen LogP contribution in [-0.2, 0) is 0 Å². The highest BCUT2D eigenvalue weighted by Gasteiger charge is 2.26. The van der Waals surface area contributed by atoms with Crippen LogP contribution in [-0.4, -0.2) is 11.6 Å². The number of benzene rings is 1. The van der Waals surface area contributed by atoms with Crippen molar-refractivity contribution in [2.24, 2.45) is 0 Å². The van der Waals surface area contributed by atoms with E-state index in [1.807, 2.05) is 18.2 Å². The van der Waals surface area contributed by atoms with Crippen molar-refractivity contribution in [1.82, 2.24) is 5.32 Å². The van der Waals surface area contributed by atoms with Gasteiger partial charge in [0.05, 0.1) is 0 Å². The molecule has 0 aliphatic heterocycles. The van der Waals surface area contributed by atoms with Gasteiger partial charge in [-0.15, -0.1) is 0 Å². The Kier molecular flexibility index (Phi) is 5.01. The van der Waals surface area contributed by atoms with Gasteiger partial charge in [0.2, 0.25) is 0 Å². The molecule has 1 aromatic rings. The zero-order valence-electron chi connectivity index (χ0n) is 10.8. The highest BCUT2D eigenvalue weighted by Crippen LogP contribution is 2.19. The first-order chi connectivity index (χ1) is 8.15. The van der Waals surface area contributed by atoms with Gasteiger partial charge >= 0.3 is 6.09 Å². The zero-order chi connectivity index (χ0) is 12.7. The normalized spacial score (nSPS) is 11.0. The van der Waals surface area contributed by atoms with Gasteiger partial charge in [-0.2, -0.15) is 0 Å². The first-order valence-electron chi connectivity index (χ1n) is 6.21. The molecule has 0 unspecified atom stereocenters. The number of ether oxygens (including phenoxy) is 1. The SMILES string of the molecule is CCC(CC)(CC)NC(=O)Oc1ccccc1. The Labute approximate surface area is 103 Å². The van der Waals surface area contributed by atoms with Crippen molar-refractivity contribution in [3.63, 3.8) is 0 Å². The Morgan fingerprint density at radius 3 is 2.12 bits per heavy atom. The monoisotopic (exact) mass is 235 g/mol. The van der Waals surface area contributed by atoms with Gasteiger partial charge in [-0.3, -0.25) is 0 Å². The smallest absolute Gasteiger partial charge is 0.410 e. The maximum absolute atomic E-state index is 11.8. The summed E-state index contributed by atoms with van der Waals surface area (Å²) in [5.74, 6) is 0.571. The Balaban J connectivity index is 2.60. The molecule has 0 atom stereocenters. The van der Waals surface area contributed by atoms with E-state index < -0.39 is 0 Å². The van der Waals surface area contributed by atoms with Gasteiger partial charge in [-0.25, -0.2) is 4.79 Å². The number of hydrogen-bond donors (Lipinski definition) is 1. The maximum Gasteiger partial charge on any atom is 0.413 e. The first-order valence-corrected chi connectivity index (χ1v) is 6.21. The lowest BCUT2D eigenvalue weighted by atomic mass is 9.90. The summed E-state index contributed by atoms with van der Waals surface area (Å²) in [6.07, 6.45) is 2.35. The third-order valence-corrected chi connectivity index (χ3v) is 3.35. The minimum absolute atomic E-state index is 0.147. The fraction of sp³-hybridized carbons (Fsp3) is 0.500. The minimum Gasteiger partial charge on any atom is -0.410 e. The molecule has 0 saturated carbocycles. The summed E-state index contributed by atoms with van der Waals surface area (Å²) < 4.78 is 5.23. The van der Waals surface area contributed by atoms with E-state index in [-0.39, 0.29) is 11.6 Å². The van der Waals surface area contributed by atoms with Crippen LogP contribution in [0, 0.1) is 0 Å². The fourth-order valence-electron chi connectivity index (χ4n) is 1.85. The number of carbonyl (C=O) groups excluding carboxylic acids is 1. The van der Waals surface area contributed by atoms with Crippen LogP contribution in [0.2, 0.25) is 0 Å². The number of carbonyl (C=O) groups is 1. The second-order valence-electron chi connectivity index (χ2n) is 4.17. The van der Waals surface area contributed by atoms with Crippen LogP contribution in [0.4, 0.5) is 4.79 Å². The highest BCUT2D eigenvalue weighted by atomic mass is 16.6. The number of nitrogens with one attached hydrogen (secondary N) is 1. The molecule has 3 heteroatoms. The predicted octanol–water partition coefficient (Wildman–Crippen LogP) is 3.74. The Bertz CT molecular complexity index is 336. The van der Waals surface area contributed by atoms with Crippen molar-refractivity contribution in [2.45, 2.75) is 45.6 Å². The van der Waals surface area contributed by atoms with E-state index in [1.165, 1.54) is 0 Å². The van der Waals surface area contributed by atoms with Crippen LogP contribution in [0.3, 0.4) is 0 Å². The lowest BCUT2D eigenvalue weighted by molar-refractivity contribution is 0.178. The van der Waals surface area contributed by atoms with E-state index in [2.05, 4.69) is 26.1 Å². The minimum atomic E-state index is -0.373. The summed E-state index contributed by atoms with van der Waals surface area (Å²) >= 11 is 0. The molecule has 0 fully saturated rings. The average molecular weight is 235 g/mol. The summed E-state index contributed by atoms with van der Waals surface area (Å²) in [5, 5.41) is 2.97. The van der Waals surface area contributed by atoms with E-state index in [9.17, 15) is 4.79 Å². The van der Waals surface area contributed by atoms with Crippen LogP contribution in [0.15, 0.2) is 30.3 Å². The van der Waals surface area contributed by atoms with Gasteiger partial charge in [-0.1, -0.05) is 39.0 Å². The van der Waals surface area contributed by atoms with Crippen LogP contribution in [0.1, 0.15) is 40.0 Å². The van der Waals surface area contributed by atoms with Crippen molar-refractivity contribution in [3.05, 3.63) is 30.3 Å². The molecule has 0 heterocycles. The number of amides is 1. The second kappa shape index (κ2) is 6.28. The van der Waals surface area contributed by atoms with Crippen LogP contribution < -0.4 is 10.1 Å². The summed E-state index contributed by atoms with van der Waals surface area (Å²) in [4.78, 5) is 11.8. The Hall–Kier alpha value is -1.51. The number of para-hydroxylation sites is 1. The zero-order valence-corrected chi connectivity index (χ0v) is 10.8. The fourth-order valence-corrected chi connectivity index (χ4v) is 1.85.